The number of hydrogen-bond donors (Lipinski definition) is 0. The molecule has 7 aromatic rings. The molecule has 0 saturated heterocycles. The molecule has 318 valence electrons. The topological polar surface area (TPSA) is 42.9 Å². The first-order chi connectivity index (χ1) is 29.7. The number of aromatic nitrogens is 2. The van der Waals surface area contributed by atoms with E-state index in [2.05, 4.69) is 186 Å². The van der Waals surface area contributed by atoms with Gasteiger partial charge in [0.15, 0.2) is 5.78 Å². The molecule has 0 bridgehead atoms. The molecule has 0 N–H and O–H groups in total. The number of carbonyl (C=O) groups is 1. The van der Waals surface area contributed by atoms with Crippen LogP contribution in [0.4, 0.5) is 0 Å². The fraction of sp³-hybridized carbons (Fsp3) is 0.317. The van der Waals surface area contributed by atoms with Crippen LogP contribution in [-0.2, 0) is 16.2 Å². The first kappa shape index (κ1) is 42.4. The molecular formula is C60H62N2O. The Hall–Kier alpha value is -5.93. The number of pyridine rings is 2. The van der Waals surface area contributed by atoms with Crippen LogP contribution >= 0.6 is 0 Å². The largest absolute Gasteiger partial charge is 0.295 e. The minimum Gasteiger partial charge on any atom is -0.295 e. The standard InChI is InChI=1S/C60H62N2O/c1-35-26-55(40-22-24-52-49(31-40)37(3)38(4)57(52,6)7)61-33-50(35)47-20-16-14-18-45(47)43-28-42(39(5)63)29-44(30-43)46-19-15-17-21-48(46)51-34-62-56(27-36(51)2)41-23-25-53-54(32-41)59(10,11)60(12,13)58(53,8)9/h14-34,37-38H,1-13H3. The van der Waals surface area contributed by atoms with E-state index < -0.39 is 0 Å². The first-order valence-electron chi connectivity index (χ1n) is 22.8. The summed E-state index contributed by atoms with van der Waals surface area (Å²) in [5.41, 5.74) is 21.8. The zero-order valence-electron chi connectivity index (χ0n) is 39.6. The van der Waals surface area contributed by atoms with Crippen molar-refractivity contribution in [3.05, 3.63) is 167 Å². The lowest BCUT2D eigenvalue weighted by molar-refractivity contribution is 0.101. The summed E-state index contributed by atoms with van der Waals surface area (Å²) in [5.74, 6) is 1.11. The van der Waals surface area contributed by atoms with Gasteiger partial charge in [-0.05, 0) is 163 Å². The fourth-order valence-corrected chi connectivity index (χ4v) is 11.1. The summed E-state index contributed by atoms with van der Waals surface area (Å²) < 4.78 is 0. The highest BCUT2D eigenvalue weighted by Gasteiger charge is 2.56. The van der Waals surface area contributed by atoms with E-state index in [1.807, 2.05) is 24.5 Å². The van der Waals surface area contributed by atoms with Gasteiger partial charge in [-0.1, -0.05) is 142 Å². The third kappa shape index (κ3) is 6.56. The highest BCUT2D eigenvalue weighted by molar-refractivity contribution is 5.99. The Labute approximate surface area is 376 Å². The van der Waals surface area contributed by atoms with Gasteiger partial charge in [0.1, 0.15) is 0 Å². The normalized spacial score (nSPS) is 18.8. The smallest absolute Gasteiger partial charge is 0.159 e. The molecule has 9 rings (SSSR count). The van der Waals surface area contributed by atoms with Crippen LogP contribution < -0.4 is 0 Å². The number of rotatable bonds is 7. The predicted molar refractivity (Wildman–Crippen MR) is 265 cm³/mol. The van der Waals surface area contributed by atoms with E-state index in [9.17, 15) is 4.79 Å². The molecule has 0 fully saturated rings. The van der Waals surface area contributed by atoms with Crippen LogP contribution in [0.5, 0.6) is 0 Å². The lowest BCUT2D eigenvalue weighted by Gasteiger charge is -2.44. The molecule has 0 aliphatic heterocycles. The lowest BCUT2D eigenvalue weighted by Crippen LogP contribution is -2.42. The van der Waals surface area contributed by atoms with Gasteiger partial charge in [0.2, 0.25) is 0 Å². The molecule has 0 radical (unpaired) electrons. The highest BCUT2D eigenvalue weighted by Crippen LogP contribution is 2.62. The number of hydrogen-bond acceptors (Lipinski definition) is 3. The van der Waals surface area contributed by atoms with Gasteiger partial charge in [-0.2, -0.15) is 0 Å². The monoisotopic (exact) mass is 826 g/mol. The molecule has 5 aromatic carbocycles. The van der Waals surface area contributed by atoms with Crippen LogP contribution in [0.2, 0.25) is 0 Å². The minimum absolute atomic E-state index is 0.0162. The molecule has 3 nitrogen and oxygen atoms in total. The van der Waals surface area contributed by atoms with Crippen LogP contribution in [0, 0.1) is 25.2 Å². The second-order valence-corrected chi connectivity index (χ2v) is 21.0. The van der Waals surface area contributed by atoms with E-state index in [-0.39, 0.29) is 27.4 Å². The van der Waals surface area contributed by atoms with Crippen LogP contribution in [-0.4, -0.2) is 15.8 Å². The van der Waals surface area contributed by atoms with Crippen molar-refractivity contribution in [2.45, 2.75) is 112 Å². The molecular weight excluding hydrogens is 765 g/mol. The van der Waals surface area contributed by atoms with E-state index in [0.29, 0.717) is 17.4 Å². The number of Topliss-reactive ketones (excluding diaryl/α,β-unsaturated/α-hetero) is 1. The molecule has 2 heterocycles. The number of benzene rings is 5. The second-order valence-electron chi connectivity index (χ2n) is 21.0. The summed E-state index contributed by atoms with van der Waals surface area (Å²) in [4.78, 5) is 23.5. The number of fused-ring (bicyclic) bond motifs is 2. The van der Waals surface area contributed by atoms with Crippen molar-refractivity contribution in [1.82, 2.24) is 9.97 Å². The minimum atomic E-state index is 0.0162. The lowest BCUT2D eigenvalue weighted by atomic mass is 9.59. The molecule has 0 saturated carbocycles. The molecule has 0 spiro atoms. The summed E-state index contributed by atoms with van der Waals surface area (Å²) in [6, 6.07) is 41.7. The Morgan fingerprint density at radius 1 is 0.492 bits per heavy atom. The Kier molecular flexibility index (Phi) is 9.98. The molecule has 2 aliphatic rings. The molecule has 63 heavy (non-hydrogen) atoms. The van der Waals surface area contributed by atoms with E-state index in [4.69, 9.17) is 9.97 Å². The van der Waals surface area contributed by atoms with Gasteiger partial charge in [-0.25, -0.2) is 0 Å². The fourth-order valence-electron chi connectivity index (χ4n) is 11.1. The number of ketones is 1. The Morgan fingerprint density at radius 3 is 1.44 bits per heavy atom. The van der Waals surface area contributed by atoms with Crippen molar-refractivity contribution in [3.8, 4) is 67.0 Å². The van der Waals surface area contributed by atoms with Crippen LogP contribution in [0.1, 0.15) is 126 Å². The summed E-state index contributed by atoms with van der Waals surface area (Å²) in [6.45, 7) is 29.9. The van der Waals surface area contributed by atoms with Crippen molar-refractivity contribution in [2.24, 2.45) is 11.3 Å². The van der Waals surface area contributed by atoms with Crippen molar-refractivity contribution in [3.63, 3.8) is 0 Å². The molecule has 3 heteroatoms. The number of aryl methyl sites for hydroxylation is 2. The summed E-state index contributed by atoms with van der Waals surface area (Å²) in [5, 5.41) is 0. The van der Waals surface area contributed by atoms with E-state index in [0.717, 1.165) is 78.1 Å². The highest BCUT2D eigenvalue weighted by atomic mass is 16.1. The van der Waals surface area contributed by atoms with Gasteiger partial charge < -0.3 is 0 Å². The predicted octanol–water partition coefficient (Wildman–Crippen LogP) is 15.9. The van der Waals surface area contributed by atoms with Crippen molar-refractivity contribution < 1.29 is 4.79 Å². The SMILES string of the molecule is CC(=O)c1cc(-c2ccccc2-c2cnc(-c3ccc4c(c3)C(C)C(C)C4(C)C)cc2C)cc(-c2ccccc2-c2cnc(-c3ccc4c(c3)C(C)(C)C(C)(C)C4(C)C)cc2C)c1. The summed E-state index contributed by atoms with van der Waals surface area (Å²) >= 11 is 0. The quantitative estimate of drug-likeness (QED) is 0.150. The zero-order chi connectivity index (χ0) is 45.0. The molecule has 0 amide bonds. The van der Waals surface area contributed by atoms with Gasteiger partial charge in [0.25, 0.3) is 0 Å². The van der Waals surface area contributed by atoms with Crippen LogP contribution in [0.15, 0.2) is 128 Å². The first-order valence-corrected chi connectivity index (χ1v) is 22.8. The molecule has 2 aliphatic carbocycles. The second kappa shape index (κ2) is 14.8. The van der Waals surface area contributed by atoms with Gasteiger partial charge in [-0.3, -0.25) is 14.8 Å². The van der Waals surface area contributed by atoms with Gasteiger partial charge in [-0.15, -0.1) is 0 Å². The van der Waals surface area contributed by atoms with Crippen LogP contribution in [0.3, 0.4) is 0 Å². The van der Waals surface area contributed by atoms with Gasteiger partial charge in [0.05, 0.1) is 11.4 Å². The average molecular weight is 827 g/mol. The molecule has 2 aromatic heterocycles. The number of nitrogens with zero attached hydrogens (tertiary/aromatic N) is 2. The summed E-state index contributed by atoms with van der Waals surface area (Å²) in [7, 11) is 0. The summed E-state index contributed by atoms with van der Waals surface area (Å²) in [6.07, 6.45) is 4.06. The zero-order valence-corrected chi connectivity index (χ0v) is 39.6. The Bertz CT molecular complexity index is 3000. The maximum atomic E-state index is 13.3. The average Bonchev–Trinajstić information content (AvgIpc) is 3.50. The van der Waals surface area contributed by atoms with Crippen molar-refractivity contribution >= 4 is 5.78 Å². The van der Waals surface area contributed by atoms with E-state index in [1.54, 1.807) is 6.92 Å². The molecule has 2 unspecified atom stereocenters. The third-order valence-electron chi connectivity index (χ3n) is 16.8. The van der Waals surface area contributed by atoms with Gasteiger partial charge >= 0.3 is 0 Å². The van der Waals surface area contributed by atoms with Crippen molar-refractivity contribution in [1.29, 1.82) is 0 Å². The van der Waals surface area contributed by atoms with Crippen LogP contribution in [0.25, 0.3) is 67.0 Å². The van der Waals surface area contributed by atoms with E-state index >= 15 is 0 Å². The van der Waals surface area contributed by atoms with Gasteiger partial charge in [0, 0.05) is 40.2 Å². The Balaban J connectivity index is 1.08. The molecule has 2 atom stereocenters. The Morgan fingerprint density at radius 2 is 0.952 bits per heavy atom. The number of carbonyl (C=O) groups excluding carboxylic acids is 1. The third-order valence-corrected chi connectivity index (χ3v) is 16.8. The maximum Gasteiger partial charge on any atom is 0.159 e. The van der Waals surface area contributed by atoms with E-state index in [1.165, 1.54) is 22.3 Å². The van der Waals surface area contributed by atoms with Crippen molar-refractivity contribution in [2.75, 3.05) is 0 Å². The maximum absolute atomic E-state index is 13.3.